The van der Waals surface area contributed by atoms with Crippen LogP contribution in [0.4, 0.5) is 11.5 Å². The maximum absolute atomic E-state index is 8.69. The fourth-order valence-electron chi connectivity index (χ4n) is 1.46. The van der Waals surface area contributed by atoms with Crippen molar-refractivity contribution in [2.24, 2.45) is 0 Å². The summed E-state index contributed by atoms with van der Waals surface area (Å²) >= 11 is 5.87. The molecule has 0 aliphatic rings. The second kappa shape index (κ2) is 4.86. The van der Waals surface area contributed by atoms with Gasteiger partial charge in [-0.3, -0.25) is 0 Å². The quantitative estimate of drug-likeness (QED) is 0.819. The van der Waals surface area contributed by atoms with Gasteiger partial charge in [-0.2, -0.15) is 5.26 Å². The van der Waals surface area contributed by atoms with E-state index in [4.69, 9.17) is 16.9 Å². The first-order valence-corrected chi connectivity index (χ1v) is 5.46. The number of benzene rings is 1. The van der Waals surface area contributed by atoms with E-state index in [1.165, 1.54) is 0 Å². The van der Waals surface area contributed by atoms with Gasteiger partial charge in [0, 0.05) is 5.69 Å². The molecule has 3 nitrogen and oxygen atoms in total. The van der Waals surface area contributed by atoms with Crippen LogP contribution in [0.25, 0.3) is 0 Å². The highest BCUT2D eigenvalue weighted by molar-refractivity contribution is 6.29. The average Bonchev–Trinajstić information content (AvgIpc) is 2.28. The zero-order chi connectivity index (χ0) is 12.3. The lowest BCUT2D eigenvalue weighted by Crippen LogP contribution is -1.94. The number of hydrogen-bond acceptors (Lipinski definition) is 3. The molecular formula is C13H10ClN3. The molecule has 0 fully saturated rings. The number of anilines is 2. The van der Waals surface area contributed by atoms with Gasteiger partial charge in [-0.05, 0) is 48.9 Å². The van der Waals surface area contributed by atoms with Gasteiger partial charge in [0.05, 0.1) is 11.6 Å². The number of nitrogens with one attached hydrogen (secondary N) is 1. The molecule has 2 aromatic rings. The predicted octanol–water partition coefficient (Wildman–Crippen LogP) is 3.66. The van der Waals surface area contributed by atoms with Crippen LogP contribution in [0.2, 0.25) is 5.15 Å². The molecule has 4 heteroatoms. The van der Waals surface area contributed by atoms with E-state index in [-0.39, 0.29) is 0 Å². The third-order valence-corrected chi connectivity index (χ3v) is 2.42. The van der Waals surface area contributed by atoms with Gasteiger partial charge in [0.15, 0.2) is 0 Å². The Morgan fingerprint density at radius 2 is 1.94 bits per heavy atom. The van der Waals surface area contributed by atoms with Crippen molar-refractivity contribution in [2.75, 3.05) is 5.32 Å². The Morgan fingerprint density at radius 1 is 1.24 bits per heavy atom. The second-order valence-corrected chi connectivity index (χ2v) is 4.05. The van der Waals surface area contributed by atoms with E-state index in [1.54, 1.807) is 18.2 Å². The van der Waals surface area contributed by atoms with Crippen LogP contribution >= 0.6 is 11.6 Å². The fourth-order valence-corrected chi connectivity index (χ4v) is 1.73. The van der Waals surface area contributed by atoms with Crippen LogP contribution in [0.1, 0.15) is 11.1 Å². The lowest BCUT2D eigenvalue weighted by Gasteiger charge is -2.06. The maximum Gasteiger partial charge on any atom is 0.132 e. The predicted molar refractivity (Wildman–Crippen MR) is 68.4 cm³/mol. The first-order chi connectivity index (χ1) is 8.17. The Balaban J connectivity index is 2.22. The van der Waals surface area contributed by atoms with Gasteiger partial charge in [-0.15, -0.1) is 0 Å². The molecule has 0 atom stereocenters. The molecule has 17 heavy (non-hydrogen) atoms. The van der Waals surface area contributed by atoms with Crippen LogP contribution in [0.15, 0.2) is 36.4 Å². The van der Waals surface area contributed by atoms with Crippen LogP contribution < -0.4 is 5.32 Å². The van der Waals surface area contributed by atoms with Crippen molar-refractivity contribution >= 4 is 23.1 Å². The number of aromatic nitrogens is 1. The topological polar surface area (TPSA) is 48.7 Å². The Kier molecular flexibility index (Phi) is 3.27. The molecule has 84 valence electrons. The normalized spacial score (nSPS) is 9.71. The van der Waals surface area contributed by atoms with Gasteiger partial charge in [0.2, 0.25) is 0 Å². The summed E-state index contributed by atoms with van der Waals surface area (Å²) in [7, 11) is 0. The van der Waals surface area contributed by atoms with Crippen molar-refractivity contribution in [1.29, 1.82) is 5.26 Å². The smallest absolute Gasteiger partial charge is 0.132 e. The zero-order valence-electron chi connectivity index (χ0n) is 9.24. The SMILES string of the molecule is Cc1cc(Cl)nc(Nc2ccc(C#N)cc2)c1. The van der Waals surface area contributed by atoms with E-state index in [2.05, 4.69) is 16.4 Å². The number of pyridine rings is 1. The van der Waals surface area contributed by atoms with Crippen LogP contribution in [0.5, 0.6) is 0 Å². The van der Waals surface area contributed by atoms with E-state index in [0.29, 0.717) is 16.5 Å². The van der Waals surface area contributed by atoms with E-state index in [1.807, 2.05) is 25.1 Å². The monoisotopic (exact) mass is 243 g/mol. The van der Waals surface area contributed by atoms with E-state index < -0.39 is 0 Å². The van der Waals surface area contributed by atoms with E-state index in [9.17, 15) is 0 Å². The molecule has 0 saturated heterocycles. The van der Waals surface area contributed by atoms with Gasteiger partial charge in [-0.1, -0.05) is 11.6 Å². The number of nitrogens with zero attached hydrogens (tertiary/aromatic N) is 2. The largest absolute Gasteiger partial charge is 0.340 e. The van der Waals surface area contributed by atoms with Gasteiger partial charge < -0.3 is 5.32 Å². The van der Waals surface area contributed by atoms with Crippen molar-refractivity contribution in [3.05, 3.63) is 52.7 Å². The molecule has 0 aliphatic heterocycles. The minimum Gasteiger partial charge on any atom is -0.340 e. The molecule has 0 amide bonds. The summed E-state index contributed by atoms with van der Waals surface area (Å²) < 4.78 is 0. The third-order valence-electron chi connectivity index (χ3n) is 2.22. The molecule has 0 saturated carbocycles. The van der Waals surface area contributed by atoms with Crippen LogP contribution in [-0.2, 0) is 0 Å². The average molecular weight is 244 g/mol. The number of rotatable bonds is 2. The third kappa shape index (κ3) is 2.96. The first-order valence-electron chi connectivity index (χ1n) is 5.09. The zero-order valence-corrected chi connectivity index (χ0v) is 9.99. The molecular weight excluding hydrogens is 234 g/mol. The van der Waals surface area contributed by atoms with Gasteiger partial charge in [-0.25, -0.2) is 4.98 Å². The van der Waals surface area contributed by atoms with Crippen LogP contribution in [0.3, 0.4) is 0 Å². The van der Waals surface area contributed by atoms with Crippen molar-refractivity contribution in [2.45, 2.75) is 6.92 Å². The molecule has 2 rings (SSSR count). The molecule has 0 radical (unpaired) electrons. The number of halogens is 1. The fraction of sp³-hybridized carbons (Fsp3) is 0.0769. The summed E-state index contributed by atoms with van der Waals surface area (Å²) in [4.78, 5) is 4.16. The van der Waals surface area contributed by atoms with Crippen molar-refractivity contribution < 1.29 is 0 Å². The number of hydrogen-bond donors (Lipinski definition) is 1. The summed E-state index contributed by atoms with van der Waals surface area (Å²) in [6.45, 7) is 1.96. The summed E-state index contributed by atoms with van der Waals surface area (Å²) in [6.07, 6.45) is 0. The Morgan fingerprint density at radius 3 is 2.53 bits per heavy atom. The molecule has 0 aliphatic carbocycles. The molecule has 1 N–H and O–H groups in total. The van der Waals surface area contributed by atoms with Crippen molar-refractivity contribution in [1.82, 2.24) is 4.98 Å². The molecule has 0 bridgehead atoms. The van der Waals surface area contributed by atoms with Crippen molar-refractivity contribution in [3.8, 4) is 6.07 Å². The molecule has 1 aromatic heterocycles. The number of aryl methyl sites for hydroxylation is 1. The standard InChI is InChI=1S/C13H10ClN3/c1-9-6-12(14)17-13(7-9)16-11-4-2-10(8-15)3-5-11/h2-7H,1H3,(H,16,17). The Hall–Kier alpha value is -2.05. The van der Waals surface area contributed by atoms with Crippen LogP contribution in [0, 0.1) is 18.3 Å². The summed E-state index contributed by atoms with van der Waals surface area (Å²) in [5, 5.41) is 12.3. The lowest BCUT2D eigenvalue weighted by molar-refractivity contribution is 1.27. The van der Waals surface area contributed by atoms with Gasteiger partial charge in [0.25, 0.3) is 0 Å². The molecule has 1 aromatic carbocycles. The summed E-state index contributed by atoms with van der Waals surface area (Å²) in [6, 6.07) is 12.9. The van der Waals surface area contributed by atoms with Crippen LogP contribution in [-0.4, -0.2) is 4.98 Å². The Bertz CT molecular complexity index is 550. The summed E-state index contributed by atoms with van der Waals surface area (Å²) in [5.74, 6) is 0.694. The van der Waals surface area contributed by atoms with Crippen molar-refractivity contribution in [3.63, 3.8) is 0 Å². The Labute approximate surface area is 105 Å². The number of nitriles is 1. The lowest BCUT2D eigenvalue weighted by atomic mass is 10.2. The minimum absolute atomic E-state index is 0.459. The minimum atomic E-state index is 0.459. The molecule has 0 unspecified atom stereocenters. The van der Waals surface area contributed by atoms with E-state index in [0.717, 1.165) is 11.3 Å². The molecule has 1 heterocycles. The highest BCUT2D eigenvalue weighted by atomic mass is 35.5. The summed E-state index contributed by atoms with van der Waals surface area (Å²) in [5.41, 5.74) is 2.55. The van der Waals surface area contributed by atoms with E-state index >= 15 is 0 Å². The molecule has 0 spiro atoms. The highest BCUT2D eigenvalue weighted by Gasteiger charge is 1.99. The first kappa shape index (κ1) is 11.4. The maximum atomic E-state index is 8.69. The highest BCUT2D eigenvalue weighted by Crippen LogP contribution is 2.18. The van der Waals surface area contributed by atoms with Gasteiger partial charge in [0.1, 0.15) is 11.0 Å². The van der Waals surface area contributed by atoms with Gasteiger partial charge >= 0.3 is 0 Å². The second-order valence-electron chi connectivity index (χ2n) is 3.67.